The number of hydrogen-bond donors (Lipinski definition) is 1. The standard InChI is InChI=1S/C8H9N3O/c9-7-3-6(4-12)10-8(11-7)5-1-2-5/h3-5H,1-2H2,(H2,9,10,11). The number of aromatic nitrogens is 2. The van der Waals surface area contributed by atoms with Crippen LogP contribution < -0.4 is 5.73 Å². The molecule has 0 atom stereocenters. The van der Waals surface area contributed by atoms with Crippen LogP contribution in [0, 0.1) is 0 Å². The maximum atomic E-state index is 10.4. The molecule has 0 radical (unpaired) electrons. The van der Waals surface area contributed by atoms with Gasteiger partial charge in [-0.3, -0.25) is 4.79 Å². The molecule has 0 aromatic carbocycles. The van der Waals surface area contributed by atoms with Crippen molar-refractivity contribution in [2.24, 2.45) is 0 Å². The Morgan fingerprint density at radius 1 is 1.50 bits per heavy atom. The van der Waals surface area contributed by atoms with Gasteiger partial charge in [-0.25, -0.2) is 9.97 Å². The van der Waals surface area contributed by atoms with Crippen LogP contribution in [0.1, 0.15) is 35.1 Å². The molecule has 12 heavy (non-hydrogen) atoms. The summed E-state index contributed by atoms with van der Waals surface area (Å²) in [6, 6.07) is 1.48. The van der Waals surface area contributed by atoms with Gasteiger partial charge in [-0.2, -0.15) is 0 Å². The molecule has 1 saturated carbocycles. The largest absolute Gasteiger partial charge is 0.384 e. The van der Waals surface area contributed by atoms with Crippen LogP contribution in [-0.4, -0.2) is 16.3 Å². The van der Waals surface area contributed by atoms with E-state index in [2.05, 4.69) is 9.97 Å². The molecule has 62 valence electrons. The van der Waals surface area contributed by atoms with E-state index in [1.54, 1.807) is 0 Å². The van der Waals surface area contributed by atoms with E-state index in [0.29, 0.717) is 23.7 Å². The van der Waals surface area contributed by atoms with Crippen LogP contribution in [0.5, 0.6) is 0 Å². The smallest absolute Gasteiger partial charge is 0.168 e. The molecular weight excluding hydrogens is 154 g/mol. The lowest BCUT2D eigenvalue weighted by molar-refractivity contribution is 0.111. The summed E-state index contributed by atoms with van der Waals surface area (Å²) in [5, 5.41) is 0. The average Bonchev–Trinajstić information content (AvgIpc) is 2.85. The third-order valence-corrected chi connectivity index (χ3v) is 1.85. The van der Waals surface area contributed by atoms with Gasteiger partial charge in [-0.15, -0.1) is 0 Å². The number of carbonyl (C=O) groups excluding carboxylic acids is 1. The number of nitrogen functional groups attached to an aromatic ring is 1. The normalized spacial score (nSPS) is 16.0. The highest BCUT2D eigenvalue weighted by molar-refractivity contribution is 5.72. The number of rotatable bonds is 2. The lowest BCUT2D eigenvalue weighted by Gasteiger charge is -1.98. The first-order valence-corrected chi connectivity index (χ1v) is 3.89. The molecule has 1 heterocycles. The van der Waals surface area contributed by atoms with Crippen molar-refractivity contribution in [3.8, 4) is 0 Å². The van der Waals surface area contributed by atoms with Crippen LogP contribution in [0.3, 0.4) is 0 Å². The van der Waals surface area contributed by atoms with E-state index in [1.165, 1.54) is 6.07 Å². The zero-order valence-electron chi connectivity index (χ0n) is 6.53. The van der Waals surface area contributed by atoms with Gasteiger partial charge in [0, 0.05) is 12.0 Å². The Balaban J connectivity index is 2.40. The third kappa shape index (κ3) is 1.28. The maximum Gasteiger partial charge on any atom is 0.168 e. The SMILES string of the molecule is Nc1cc(C=O)nc(C2CC2)n1. The molecule has 1 fully saturated rings. The van der Waals surface area contributed by atoms with E-state index in [-0.39, 0.29) is 0 Å². The van der Waals surface area contributed by atoms with Crippen LogP contribution in [-0.2, 0) is 0 Å². The second-order valence-electron chi connectivity index (χ2n) is 2.97. The lowest BCUT2D eigenvalue weighted by Crippen LogP contribution is -2.01. The molecule has 1 aromatic rings. The summed E-state index contributed by atoms with van der Waals surface area (Å²) in [5.41, 5.74) is 5.87. The summed E-state index contributed by atoms with van der Waals surface area (Å²) in [5.74, 6) is 1.54. The molecule has 0 aliphatic heterocycles. The Morgan fingerprint density at radius 3 is 2.83 bits per heavy atom. The Hall–Kier alpha value is -1.45. The van der Waals surface area contributed by atoms with Crippen LogP contribution in [0.15, 0.2) is 6.07 Å². The van der Waals surface area contributed by atoms with Gasteiger partial charge < -0.3 is 5.73 Å². The number of aldehydes is 1. The highest BCUT2D eigenvalue weighted by Gasteiger charge is 2.26. The van der Waals surface area contributed by atoms with Crippen molar-refractivity contribution in [1.29, 1.82) is 0 Å². The quantitative estimate of drug-likeness (QED) is 0.653. The summed E-state index contributed by atoms with van der Waals surface area (Å²) in [7, 11) is 0. The monoisotopic (exact) mass is 163 g/mol. The highest BCUT2D eigenvalue weighted by atomic mass is 16.1. The van der Waals surface area contributed by atoms with Crippen molar-refractivity contribution in [3.05, 3.63) is 17.6 Å². The molecule has 4 nitrogen and oxygen atoms in total. The minimum Gasteiger partial charge on any atom is -0.384 e. The zero-order chi connectivity index (χ0) is 8.55. The summed E-state index contributed by atoms with van der Waals surface area (Å²) >= 11 is 0. The van der Waals surface area contributed by atoms with Gasteiger partial charge >= 0.3 is 0 Å². The van der Waals surface area contributed by atoms with E-state index < -0.39 is 0 Å². The van der Waals surface area contributed by atoms with Gasteiger partial charge in [0.1, 0.15) is 17.3 Å². The summed E-state index contributed by atoms with van der Waals surface area (Å²) in [6.07, 6.45) is 2.92. The van der Waals surface area contributed by atoms with Gasteiger partial charge in [0.15, 0.2) is 6.29 Å². The molecule has 0 unspecified atom stereocenters. The molecular formula is C8H9N3O. The van der Waals surface area contributed by atoms with E-state index >= 15 is 0 Å². The minimum absolute atomic E-state index is 0.379. The third-order valence-electron chi connectivity index (χ3n) is 1.85. The van der Waals surface area contributed by atoms with Crippen LogP contribution in [0.4, 0.5) is 5.82 Å². The predicted octanol–water partition coefficient (Wildman–Crippen LogP) is 0.749. The Labute approximate surface area is 69.8 Å². The molecule has 0 saturated heterocycles. The van der Waals surface area contributed by atoms with Crippen molar-refractivity contribution in [1.82, 2.24) is 9.97 Å². The molecule has 1 aliphatic carbocycles. The number of nitrogens with zero attached hydrogens (tertiary/aromatic N) is 2. The number of hydrogen-bond acceptors (Lipinski definition) is 4. The Bertz CT molecular complexity index is 320. The molecule has 4 heteroatoms. The second kappa shape index (κ2) is 2.55. The topological polar surface area (TPSA) is 68.9 Å². The molecule has 0 spiro atoms. The van der Waals surface area contributed by atoms with Gasteiger partial charge in [0.2, 0.25) is 0 Å². The molecule has 2 rings (SSSR count). The summed E-state index contributed by atoms with van der Waals surface area (Å²) in [6.45, 7) is 0. The average molecular weight is 163 g/mol. The molecule has 0 bridgehead atoms. The van der Waals surface area contributed by atoms with E-state index in [4.69, 9.17) is 5.73 Å². The van der Waals surface area contributed by atoms with Crippen LogP contribution in [0.2, 0.25) is 0 Å². The first-order chi connectivity index (χ1) is 5.79. The van der Waals surface area contributed by atoms with E-state index in [0.717, 1.165) is 18.7 Å². The fraction of sp³-hybridized carbons (Fsp3) is 0.375. The fourth-order valence-corrected chi connectivity index (χ4v) is 1.09. The van der Waals surface area contributed by atoms with E-state index in [9.17, 15) is 4.79 Å². The van der Waals surface area contributed by atoms with Crippen LogP contribution >= 0.6 is 0 Å². The second-order valence-corrected chi connectivity index (χ2v) is 2.97. The van der Waals surface area contributed by atoms with Crippen molar-refractivity contribution in [2.75, 3.05) is 5.73 Å². The first-order valence-electron chi connectivity index (χ1n) is 3.89. The zero-order valence-corrected chi connectivity index (χ0v) is 6.53. The molecule has 2 N–H and O–H groups in total. The van der Waals surface area contributed by atoms with Crippen molar-refractivity contribution in [2.45, 2.75) is 18.8 Å². The molecule has 1 aliphatic rings. The van der Waals surface area contributed by atoms with Crippen molar-refractivity contribution in [3.63, 3.8) is 0 Å². The molecule has 1 aromatic heterocycles. The van der Waals surface area contributed by atoms with Crippen molar-refractivity contribution >= 4 is 12.1 Å². The minimum atomic E-state index is 0.379. The number of anilines is 1. The summed E-state index contributed by atoms with van der Waals surface area (Å²) < 4.78 is 0. The molecule has 0 amide bonds. The Morgan fingerprint density at radius 2 is 2.25 bits per heavy atom. The van der Waals surface area contributed by atoms with Crippen molar-refractivity contribution < 1.29 is 4.79 Å². The van der Waals surface area contributed by atoms with Gasteiger partial charge in [-0.1, -0.05) is 0 Å². The lowest BCUT2D eigenvalue weighted by atomic mass is 10.3. The van der Waals surface area contributed by atoms with Gasteiger partial charge in [0.25, 0.3) is 0 Å². The highest BCUT2D eigenvalue weighted by Crippen LogP contribution is 2.38. The maximum absolute atomic E-state index is 10.4. The van der Waals surface area contributed by atoms with E-state index in [1.807, 2.05) is 0 Å². The Kier molecular flexibility index (Phi) is 1.53. The number of nitrogens with two attached hydrogens (primary N) is 1. The van der Waals surface area contributed by atoms with Gasteiger partial charge in [0.05, 0.1) is 0 Å². The first kappa shape index (κ1) is 7.21. The predicted molar refractivity (Wildman–Crippen MR) is 43.8 cm³/mol. The number of carbonyl (C=O) groups is 1. The van der Waals surface area contributed by atoms with Crippen LogP contribution in [0.25, 0.3) is 0 Å². The van der Waals surface area contributed by atoms with Gasteiger partial charge in [-0.05, 0) is 12.8 Å². The summed E-state index contributed by atoms with van der Waals surface area (Å²) in [4.78, 5) is 18.5. The fourth-order valence-electron chi connectivity index (χ4n) is 1.09.